The zero-order valence-corrected chi connectivity index (χ0v) is 10.7. The van der Waals surface area contributed by atoms with E-state index < -0.39 is 17.4 Å². The van der Waals surface area contributed by atoms with Gasteiger partial charge in [0.2, 0.25) is 0 Å². The van der Waals surface area contributed by atoms with Gasteiger partial charge in [-0.25, -0.2) is 4.79 Å². The molecule has 0 N–H and O–H groups in total. The van der Waals surface area contributed by atoms with E-state index in [0.717, 1.165) is 18.2 Å². The molecule has 3 nitrogen and oxygen atoms in total. The minimum absolute atomic E-state index is 0.263. The molecule has 0 bridgehead atoms. The lowest BCUT2D eigenvalue weighted by Crippen LogP contribution is -2.05. The normalized spacial score (nSPS) is 11.4. The maximum atomic E-state index is 12.5. The van der Waals surface area contributed by atoms with Crippen LogP contribution in [-0.2, 0) is 6.18 Å². The lowest BCUT2D eigenvalue weighted by molar-refractivity contribution is -0.137. The highest BCUT2D eigenvalue weighted by molar-refractivity contribution is 5.72. The highest BCUT2D eigenvalue weighted by Crippen LogP contribution is 2.34. The first-order valence-corrected chi connectivity index (χ1v) is 5.69. The molecule has 2 rings (SSSR count). The Morgan fingerprint density at radius 2 is 1.75 bits per heavy atom. The predicted molar refractivity (Wildman–Crippen MR) is 66.7 cm³/mol. The number of aryl methyl sites for hydroxylation is 1. The molecule has 0 unspecified atom stereocenters. The van der Waals surface area contributed by atoms with Crippen molar-refractivity contribution in [1.29, 1.82) is 0 Å². The van der Waals surface area contributed by atoms with Crippen LogP contribution in [0.15, 0.2) is 39.5 Å². The van der Waals surface area contributed by atoms with Crippen LogP contribution in [0, 0.1) is 6.92 Å². The third-order valence-electron chi connectivity index (χ3n) is 2.82. The second kappa shape index (κ2) is 5.03. The first-order valence-electron chi connectivity index (χ1n) is 5.69. The van der Waals surface area contributed by atoms with Gasteiger partial charge >= 0.3 is 11.8 Å². The lowest BCUT2D eigenvalue weighted by Gasteiger charge is -2.11. The van der Waals surface area contributed by atoms with Crippen LogP contribution in [0.25, 0.3) is 11.1 Å². The number of ether oxygens (including phenoxy) is 1. The number of alkyl halides is 3. The quantitative estimate of drug-likeness (QED) is 0.845. The Bertz CT molecular complexity index is 670. The Labute approximate surface area is 112 Å². The van der Waals surface area contributed by atoms with Crippen molar-refractivity contribution in [2.24, 2.45) is 0 Å². The van der Waals surface area contributed by atoms with Crippen molar-refractivity contribution in [1.82, 2.24) is 0 Å². The standard InChI is InChI=1S/C14H11F3O3/c1-8-13(11(19-2)7-12(18)20-8)9-3-5-10(6-4-9)14(15,16)17/h3-7H,1-2H3. The van der Waals surface area contributed by atoms with Crippen LogP contribution in [0.5, 0.6) is 5.75 Å². The summed E-state index contributed by atoms with van der Waals surface area (Å²) in [6.45, 7) is 1.55. The van der Waals surface area contributed by atoms with Gasteiger partial charge in [0.25, 0.3) is 0 Å². The predicted octanol–water partition coefficient (Wildman–Crippen LogP) is 3.64. The van der Waals surface area contributed by atoms with Gasteiger partial charge in [-0.3, -0.25) is 0 Å². The smallest absolute Gasteiger partial charge is 0.416 e. The maximum absolute atomic E-state index is 12.5. The van der Waals surface area contributed by atoms with Gasteiger partial charge in [0, 0.05) is 0 Å². The van der Waals surface area contributed by atoms with Crippen molar-refractivity contribution in [3.8, 4) is 16.9 Å². The molecule has 0 amide bonds. The van der Waals surface area contributed by atoms with Crippen LogP contribution in [0.2, 0.25) is 0 Å². The SMILES string of the molecule is COc1cc(=O)oc(C)c1-c1ccc(C(F)(F)F)cc1. The van der Waals surface area contributed by atoms with Crippen molar-refractivity contribution >= 4 is 0 Å². The number of rotatable bonds is 2. The van der Waals surface area contributed by atoms with Gasteiger partial charge in [0.05, 0.1) is 24.3 Å². The fourth-order valence-electron chi connectivity index (χ4n) is 1.92. The number of halogens is 3. The van der Waals surface area contributed by atoms with Crippen LogP contribution in [0.3, 0.4) is 0 Å². The molecule has 106 valence electrons. The summed E-state index contributed by atoms with van der Waals surface area (Å²) in [4.78, 5) is 11.2. The van der Waals surface area contributed by atoms with Gasteiger partial charge in [-0.2, -0.15) is 13.2 Å². The molecule has 1 aromatic carbocycles. The maximum Gasteiger partial charge on any atom is 0.416 e. The van der Waals surface area contributed by atoms with E-state index in [9.17, 15) is 18.0 Å². The molecule has 0 spiro atoms. The van der Waals surface area contributed by atoms with Gasteiger partial charge in [0.1, 0.15) is 11.5 Å². The zero-order valence-electron chi connectivity index (χ0n) is 10.7. The summed E-state index contributed by atoms with van der Waals surface area (Å²) in [6, 6.07) is 5.72. The highest BCUT2D eigenvalue weighted by atomic mass is 19.4. The van der Waals surface area contributed by atoms with E-state index in [4.69, 9.17) is 9.15 Å². The molecule has 6 heteroatoms. The Kier molecular flexibility index (Phi) is 3.57. The number of benzene rings is 1. The first kappa shape index (κ1) is 14.2. The average Bonchev–Trinajstić information content (AvgIpc) is 2.37. The molecule has 0 radical (unpaired) electrons. The summed E-state index contributed by atoms with van der Waals surface area (Å²) >= 11 is 0. The monoisotopic (exact) mass is 284 g/mol. The van der Waals surface area contributed by atoms with Crippen molar-refractivity contribution in [2.45, 2.75) is 13.1 Å². The van der Waals surface area contributed by atoms with Gasteiger partial charge in [-0.15, -0.1) is 0 Å². The van der Waals surface area contributed by atoms with Crippen LogP contribution in [-0.4, -0.2) is 7.11 Å². The van der Waals surface area contributed by atoms with Crippen molar-refractivity contribution in [2.75, 3.05) is 7.11 Å². The van der Waals surface area contributed by atoms with Crippen LogP contribution in [0.1, 0.15) is 11.3 Å². The zero-order chi connectivity index (χ0) is 14.9. The Morgan fingerprint density at radius 3 is 2.25 bits per heavy atom. The molecule has 0 aliphatic rings. The number of hydrogen-bond acceptors (Lipinski definition) is 3. The lowest BCUT2D eigenvalue weighted by atomic mass is 10.0. The van der Waals surface area contributed by atoms with E-state index in [1.54, 1.807) is 6.92 Å². The van der Waals surface area contributed by atoms with E-state index in [1.165, 1.54) is 19.2 Å². The van der Waals surface area contributed by atoms with E-state index >= 15 is 0 Å². The molecule has 0 fully saturated rings. The molecule has 20 heavy (non-hydrogen) atoms. The van der Waals surface area contributed by atoms with E-state index in [2.05, 4.69) is 0 Å². The Hall–Kier alpha value is -2.24. The average molecular weight is 284 g/mol. The second-order valence-electron chi connectivity index (χ2n) is 4.14. The first-order chi connectivity index (χ1) is 9.32. The molecule has 0 aliphatic carbocycles. The third kappa shape index (κ3) is 2.68. The van der Waals surface area contributed by atoms with Gasteiger partial charge < -0.3 is 9.15 Å². The summed E-state index contributed by atoms with van der Waals surface area (Å²) in [5.74, 6) is 0.549. The van der Waals surface area contributed by atoms with Crippen LogP contribution >= 0.6 is 0 Å². The Morgan fingerprint density at radius 1 is 1.15 bits per heavy atom. The Balaban J connectivity index is 2.55. The van der Waals surface area contributed by atoms with Gasteiger partial charge in [-0.05, 0) is 24.6 Å². The fraction of sp³-hybridized carbons (Fsp3) is 0.214. The minimum Gasteiger partial charge on any atom is -0.496 e. The molecule has 0 aliphatic heterocycles. The topological polar surface area (TPSA) is 39.4 Å². The molecule has 0 saturated heterocycles. The van der Waals surface area contributed by atoms with Crippen LogP contribution in [0.4, 0.5) is 13.2 Å². The second-order valence-corrected chi connectivity index (χ2v) is 4.14. The van der Waals surface area contributed by atoms with Crippen molar-refractivity contribution in [3.05, 3.63) is 52.1 Å². The molecule has 1 aromatic heterocycles. The summed E-state index contributed by atoms with van der Waals surface area (Å²) in [5, 5.41) is 0. The van der Waals surface area contributed by atoms with Gasteiger partial charge in [0.15, 0.2) is 0 Å². The molecule has 1 heterocycles. The van der Waals surface area contributed by atoms with Crippen molar-refractivity contribution in [3.63, 3.8) is 0 Å². The molecule has 2 aromatic rings. The minimum atomic E-state index is -4.39. The number of hydrogen-bond donors (Lipinski definition) is 0. The molecular formula is C14H11F3O3. The molecular weight excluding hydrogens is 273 g/mol. The van der Waals surface area contributed by atoms with E-state index in [1.807, 2.05) is 0 Å². The summed E-state index contributed by atoms with van der Waals surface area (Å²) in [5.41, 5.74) is -0.373. The van der Waals surface area contributed by atoms with E-state index in [0.29, 0.717) is 11.1 Å². The highest BCUT2D eigenvalue weighted by Gasteiger charge is 2.30. The molecule has 0 atom stereocenters. The van der Waals surface area contributed by atoms with Crippen molar-refractivity contribution < 1.29 is 22.3 Å². The largest absolute Gasteiger partial charge is 0.496 e. The van der Waals surface area contributed by atoms with Crippen LogP contribution < -0.4 is 10.4 Å². The summed E-state index contributed by atoms with van der Waals surface area (Å²) in [6.07, 6.45) is -4.39. The molecule has 0 saturated carbocycles. The summed E-state index contributed by atoms with van der Waals surface area (Å²) < 4.78 is 47.6. The van der Waals surface area contributed by atoms with Gasteiger partial charge in [-0.1, -0.05) is 12.1 Å². The number of methoxy groups -OCH3 is 1. The van der Waals surface area contributed by atoms with E-state index in [-0.39, 0.29) is 11.5 Å². The fourth-order valence-corrected chi connectivity index (χ4v) is 1.92. The summed E-state index contributed by atoms with van der Waals surface area (Å²) in [7, 11) is 1.38. The third-order valence-corrected chi connectivity index (χ3v) is 2.82.